The summed E-state index contributed by atoms with van der Waals surface area (Å²) in [4.78, 5) is 12.6. The molecule has 2 rings (SSSR count). The molecular weight excluding hydrogens is 238 g/mol. The number of benzene rings is 1. The highest BCUT2D eigenvalue weighted by Gasteiger charge is 2.16. The first-order valence-corrected chi connectivity index (χ1v) is 7.01. The van der Waals surface area contributed by atoms with Crippen LogP contribution in [0.25, 0.3) is 0 Å². The van der Waals surface area contributed by atoms with Crippen molar-refractivity contribution in [3.05, 3.63) is 29.8 Å². The van der Waals surface area contributed by atoms with Crippen LogP contribution in [0.2, 0.25) is 0 Å². The molecule has 1 saturated heterocycles. The van der Waals surface area contributed by atoms with E-state index in [2.05, 4.69) is 17.9 Å². The molecule has 1 aromatic carbocycles. The second-order valence-corrected chi connectivity index (χ2v) is 5.65. The summed E-state index contributed by atoms with van der Waals surface area (Å²) in [6, 6.07) is 7.29. The zero-order valence-electron chi connectivity index (χ0n) is 8.98. The van der Waals surface area contributed by atoms with Crippen LogP contribution in [0.15, 0.2) is 29.2 Å². The maximum absolute atomic E-state index is 11.8. The van der Waals surface area contributed by atoms with Crippen molar-refractivity contribution < 1.29 is 4.79 Å². The minimum absolute atomic E-state index is 0.0187. The highest BCUT2D eigenvalue weighted by atomic mass is 32.2. The number of thioether (sulfide) groups is 1. The van der Waals surface area contributed by atoms with E-state index < -0.39 is 0 Å². The lowest BCUT2D eigenvalue weighted by Gasteiger charge is -2.09. The van der Waals surface area contributed by atoms with Gasteiger partial charge in [0.1, 0.15) is 0 Å². The second kappa shape index (κ2) is 5.64. The molecule has 4 heteroatoms. The van der Waals surface area contributed by atoms with Crippen molar-refractivity contribution in [2.45, 2.75) is 11.3 Å². The van der Waals surface area contributed by atoms with Crippen LogP contribution in [-0.2, 0) is 0 Å². The highest BCUT2D eigenvalue weighted by molar-refractivity contribution is 7.99. The van der Waals surface area contributed by atoms with Crippen molar-refractivity contribution in [3.63, 3.8) is 0 Å². The lowest BCUT2D eigenvalue weighted by atomic mass is 10.1. The number of rotatable bonds is 3. The SMILES string of the molecule is O=C(NCC1CCSC1)c1ccc(S)cc1. The van der Waals surface area contributed by atoms with Crippen molar-refractivity contribution in [1.82, 2.24) is 5.32 Å². The number of hydrogen-bond acceptors (Lipinski definition) is 3. The van der Waals surface area contributed by atoms with Crippen LogP contribution >= 0.6 is 24.4 Å². The fourth-order valence-corrected chi connectivity index (χ4v) is 3.13. The topological polar surface area (TPSA) is 29.1 Å². The normalized spacial score (nSPS) is 19.7. The highest BCUT2D eigenvalue weighted by Crippen LogP contribution is 2.22. The van der Waals surface area contributed by atoms with E-state index in [0.717, 1.165) is 11.4 Å². The molecule has 0 bridgehead atoms. The largest absolute Gasteiger partial charge is 0.352 e. The molecule has 1 aromatic rings. The van der Waals surface area contributed by atoms with E-state index in [0.29, 0.717) is 11.5 Å². The van der Waals surface area contributed by atoms with Crippen LogP contribution < -0.4 is 5.32 Å². The molecule has 86 valence electrons. The number of amides is 1. The van der Waals surface area contributed by atoms with E-state index in [4.69, 9.17) is 0 Å². The summed E-state index contributed by atoms with van der Waals surface area (Å²) < 4.78 is 0. The third kappa shape index (κ3) is 3.19. The average molecular weight is 253 g/mol. The molecular formula is C12H15NOS2. The van der Waals surface area contributed by atoms with Gasteiger partial charge in [-0.3, -0.25) is 4.79 Å². The van der Waals surface area contributed by atoms with Crippen LogP contribution in [0.4, 0.5) is 0 Å². The van der Waals surface area contributed by atoms with Gasteiger partial charge in [0.15, 0.2) is 0 Å². The molecule has 16 heavy (non-hydrogen) atoms. The Balaban J connectivity index is 1.85. The van der Waals surface area contributed by atoms with Crippen LogP contribution in [-0.4, -0.2) is 24.0 Å². The molecule has 1 aliphatic rings. The van der Waals surface area contributed by atoms with Gasteiger partial charge in [-0.2, -0.15) is 11.8 Å². The summed E-state index contributed by atoms with van der Waals surface area (Å²) in [6.07, 6.45) is 1.22. The molecule has 2 nitrogen and oxygen atoms in total. The Hall–Kier alpha value is -0.610. The molecule has 1 atom stereocenters. The summed E-state index contributed by atoms with van der Waals surface area (Å²) in [7, 11) is 0. The van der Waals surface area contributed by atoms with Gasteiger partial charge >= 0.3 is 0 Å². The maximum atomic E-state index is 11.8. The number of hydrogen-bond donors (Lipinski definition) is 2. The predicted molar refractivity (Wildman–Crippen MR) is 71.5 cm³/mol. The van der Waals surface area contributed by atoms with Gasteiger partial charge in [-0.25, -0.2) is 0 Å². The summed E-state index contributed by atoms with van der Waals surface area (Å²) in [6.45, 7) is 0.800. The van der Waals surface area contributed by atoms with E-state index in [1.165, 1.54) is 17.9 Å². The van der Waals surface area contributed by atoms with Crippen molar-refractivity contribution in [2.75, 3.05) is 18.1 Å². The fourth-order valence-electron chi connectivity index (χ4n) is 1.70. The standard InChI is InChI=1S/C12H15NOS2/c14-12(10-1-3-11(15)4-2-10)13-7-9-5-6-16-8-9/h1-4,9,15H,5-8H2,(H,13,14). The molecule has 1 amide bonds. The quantitative estimate of drug-likeness (QED) is 0.810. The molecule has 1 heterocycles. The fraction of sp³-hybridized carbons (Fsp3) is 0.417. The molecule has 1 fully saturated rings. The first-order chi connectivity index (χ1) is 7.75. The van der Waals surface area contributed by atoms with Gasteiger partial charge in [-0.05, 0) is 48.1 Å². The molecule has 0 aromatic heterocycles. The van der Waals surface area contributed by atoms with Crippen LogP contribution in [0, 0.1) is 5.92 Å². The average Bonchev–Trinajstić information content (AvgIpc) is 2.80. The summed E-state index contributed by atoms with van der Waals surface area (Å²) in [5, 5.41) is 2.98. The molecule has 0 spiro atoms. The summed E-state index contributed by atoms with van der Waals surface area (Å²) in [5.41, 5.74) is 0.712. The number of thiol groups is 1. The molecule has 1 N–H and O–H groups in total. The van der Waals surface area contributed by atoms with E-state index in [9.17, 15) is 4.79 Å². The van der Waals surface area contributed by atoms with E-state index in [1.54, 1.807) is 12.1 Å². The van der Waals surface area contributed by atoms with Crippen LogP contribution in [0.3, 0.4) is 0 Å². The Bertz CT molecular complexity index is 358. The van der Waals surface area contributed by atoms with Gasteiger partial charge in [0.25, 0.3) is 5.91 Å². The Morgan fingerprint density at radius 1 is 1.44 bits per heavy atom. The smallest absolute Gasteiger partial charge is 0.251 e. The van der Waals surface area contributed by atoms with Crippen molar-refractivity contribution in [2.24, 2.45) is 5.92 Å². The van der Waals surface area contributed by atoms with Crippen LogP contribution in [0.5, 0.6) is 0 Å². The van der Waals surface area contributed by atoms with E-state index >= 15 is 0 Å². The molecule has 0 radical (unpaired) electrons. The zero-order valence-corrected chi connectivity index (χ0v) is 10.7. The monoisotopic (exact) mass is 253 g/mol. The summed E-state index contributed by atoms with van der Waals surface area (Å²) >= 11 is 6.16. The number of carbonyl (C=O) groups excluding carboxylic acids is 1. The first-order valence-electron chi connectivity index (χ1n) is 5.40. The second-order valence-electron chi connectivity index (χ2n) is 3.99. The van der Waals surface area contributed by atoms with Gasteiger partial charge in [0.2, 0.25) is 0 Å². The van der Waals surface area contributed by atoms with E-state index in [-0.39, 0.29) is 5.91 Å². The van der Waals surface area contributed by atoms with Crippen molar-refractivity contribution in [1.29, 1.82) is 0 Å². The Morgan fingerprint density at radius 2 is 2.19 bits per heavy atom. The molecule has 1 unspecified atom stereocenters. The maximum Gasteiger partial charge on any atom is 0.251 e. The third-order valence-electron chi connectivity index (χ3n) is 2.70. The number of carbonyl (C=O) groups is 1. The summed E-state index contributed by atoms with van der Waals surface area (Å²) in [5.74, 6) is 3.08. The van der Waals surface area contributed by atoms with E-state index in [1.807, 2.05) is 23.9 Å². The third-order valence-corrected chi connectivity index (χ3v) is 4.23. The Morgan fingerprint density at radius 3 is 2.81 bits per heavy atom. The minimum Gasteiger partial charge on any atom is -0.352 e. The van der Waals surface area contributed by atoms with Crippen molar-refractivity contribution >= 4 is 30.3 Å². The Kier molecular flexibility index (Phi) is 4.18. The predicted octanol–water partition coefficient (Wildman–Crippen LogP) is 2.46. The molecule has 1 aliphatic heterocycles. The number of nitrogens with one attached hydrogen (secondary N) is 1. The van der Waals surface area contributed by atoms with Gasteiger partial charge in [-0.15, -0.1) is 12.6 Å². The molecule has 0 aliphatic carbocycles. The van der Waals surface area contributed by atoms with Crippen molar-refractivity contribution in [3.8, 4) is 0 Å². The Labute approximate surface area is 106 Å². The lowest BCUT2D eigenvalue weighted by Crippen LogP contribution is -2.29. The van der Waals surface area contributed by atoms with Gasteiger partial charge < -0.3 is 5.32 Å². The van der Waals surface area contributed by atoms with Gasteiger partial charge in [0, 0.05) is 17.0 Å². The lowest BCUT2D eigenvalue weighted by molar-refractivity contribution is 0.0948. The van der Waals surface area contributed by atoms with Crippen LogP contribution in [0.1, 0.15) is 16.8 Å². The first kappa shape index (κ1) is 11.9. The van der Waals surface area contributed by atoms with Gasteiger partial charge in [0.05, 0.1) is 0 Å². The minimum atomic E-state index is 0.0187. The molecule has 0 saturated carbocycles. The van der Waals surface area contributed by atoms with Gasteiger partial charge in [-0.1, -0.05) is 0 Å². The zero-order chi connectivity index (χ0) is 11.4.